The van der Waals surface area contributed by atoms with E-state index in [9.17, 15) is 14.3 Å². The Balaban J connectivity index is 2.81. The molecule has 0 saturated heterocycles. The molecule has 0 aliphatic carbocycles. The molecule has 0 fully saturated rings. The highest BCUT2D eigenvalue weighted by atomic mass is 79.9. The van der Waals surface area contributed by atoms with Gasteiger partial charge in [-0.1, -0.05) is 0 Å². The summed E-state index contributed by atoms with van der Waals surface area (Å²) in [6, 6.07) is 2.84. The normalized spacial score (nSPS) is 16.8. The van der Waals surface area contributed by atoms with Crippen LogP contribution in [0.25, 0.3) is 0 Å². The maximum atomic E-state index is 13.8. The molecule has 0 aliphatic heterocycles. The van der Waals surface area contributed by atoms with Gasteiger partial charge >= 0.3 is 5.97 Å². The van der Waals surface area contributed by atoms with Crippen molar-refractivity contribution in [2.75, 3.05) is 6.61 Å². The minimum Gasteiger partial charge on any atom is -0.466 e. The molecule has 84 valence electrons. The number of rotatable bonds is 4. The van der Waals surface area contributed by atoms with Crippen LogP contribution in [-0.4, -0.2) is 22.3 Å². The van der Waals surface area contributed by atoms with Gasteiger partial charge in [0.05, 0.1) is 12.9 Å². The van der Waals surface area contributed by atoms with Crippen molar-refractivity contribution in [1.82, 2.24) is 0 Å². The largest absolute Gasteiger partial charge is 0.466 e. The maximum absolute atomic E-state index is 13.8. The molecular weight excluding hydrogens is 271 g/mol. The molecule has 0 radical (unpaired) electrons. The van der Waals surface area contributed by atoms with E-state index in [1.54, 1.807) is 6.92 Å². The van der Waals surface area contributed by atoms with E-state index >= 15 is 0 Å². The molecule has 6 heteroatoms. The SMILES string of the molecule is CCOC(=O)C(F)(Br)C(O)c1ccco1. The molecule has 0 saturated carbocycles. The Hall–Kier alpha value is -0.880. The Morgan fingerprint density at radius 1 is 1.87 bits per heavy atom. The van der Waals surface area contributed by atoms with E-state index < -0.39 is 16.7 Å². The van der Waals surface area contributed by atoms with E-state index in [1.807, 2.05) is 0 Å². The fourth-order valence-electron chi connectivity index (χ4n) is 0.964. The Morgan fingerprint density at radius 2 is 2.53 bits per heavy atom. The van der Waals surface area contributed by atoms with Gasteiger partial charge in [0.15, 0.2) is 6.10 Å². The number of carbonyl (C=O) groups is 1. The number of esters is 1. The number of ether oxygens (including phenoxy) is 1. The van der Waals surface area contributed by atoms with Gasteiger partial charge in [-0.3, -0.25) is 0 Å². The lowest BCUT2D eigenvalue weighted by Gasteiger charge is -2.20. The summed E-state index contributed by atoms with van der Waals surface area (Å²) in [4.78, 5) is 11.2. The van der Waals surface area contributed by atoms with Crippen LogP contribution < -0.4 is 0 Å². The highest BCUT2D eigenvalue weighted by Gasteiger charge is 2.47. The lowest BCUT2D eigenvalue weighted by Crippen LogP contribution is -2.35. The van der Waals surface area contributed by atoms with Crippen molar-refractivity contribution in [3.8, 4) is 0 Å². The molecule has 0 aromatic carbocycles. The second-order valence-corrected chi connectivity index (χ2v) is 3.92. The number of aliphatic hydroxyl groups excluding tert-OH is 1. The van der Waals surface area contributed by atoms with Gasteiger partial charge in [-0.25, -0.2) is 9.18 Å². The van der Waals surface area contributed by atoms with Crippen molar-refractivity contribution in [3.63, 3.8) is 0 Å². The summed E-state index contributed by atoms with van der Waals surface area (Å²) in [5.41, 5.74) is 0. The first-order valence-corrected chi connectivity index (χ1v) is 5.06. The van der Waals surface area contributed by atoms with Gasteiger partial charge in [0.2, 0.25) is 0 Å². The van der Waals surface area contributed by atoms with Gasteiger partial charge in [0.25, 0.3) is 4.58 Å². The summed E-state index contributed by atoms with van der Waals surface area (Å²) in [7, 11) is 0. The topological polar surface area (TPSA) is 59.7 Å². The Morgan fingerprint density at radius 3 is 3.00 bits per heavy atom. The Kier molecular flexibility index (Phi) is 3.87. The van der Waals surface area contributed by atoms with Crippen LogP contribution in [0.5, 0.6) is 0 Å². The molecular formula is C9H10BrFO4. The summed E-state index contributed by atoms with van der Waals surface area (Å²) in [6.45, 7) is 1.57. The van der Waals surface area contributed by atoms with E-state index in [2.05, 4.69) is 20.7 Å². The van der Waals surface area contributed by atoms with Crippen LogP contribution in [0.2, 0.25) is 0 Å². The molecule has 0 bridgehead atoms. The first-order chi connectivity index (χ1) is 7.00. The average Bonchev–Trinajstić information content (AvgIpc) is 2.69. The molecule has 1 N–H and O–H groups in total. The van der Waals surface area contributed by atoms with Crippen LogP contribution in [0.1, 0.15) is 18.8 Å². The molecule has 4 nitrogen and oxygen atoms in total. The van der Waals surface area contributed by atoms with E-state index in [0.717, 1.165) is 0 Å². The predicted octanol–water partition coefficient (Wildman–Crippen LogP) is 1.94. The molecule has 2 unspecified atom stereocenters. The third-order valence-corrected chi connectivity index (χ3v) is 2.46. The molecule has 15 heavy (non-hydrogen) atoms. The van der Waals surface area contributed by atoms with Gasteiger partial charge in [0.1, 0.15) is 5.76 Å². The van der Waals surface area contributed by atoms with Crippen LogP contribution in [0.15, 0.2) is 22.8 Å². The first kappa shape index (κ1) is 12.2. The lowest BCUT2D eigenvalue weighted by molar-refractivity contribution is -0.156. The summed E-state index contributed by atoms with van der Waals surface area (Å²) < 4.78 is 20.3. The molecule has 2 atom stereocenters. The van der Waals surface area contributed by atoms with Crippen molar-refractivity contribution in [3.05, 3.63) is 24.2 Å². The van der Waals surface area contributed by atoms with Crippen molar-refractivity contribution in [1.29, 1.82) is 0 Å². The molecule has 1 heterocycles. The second-order valence-electron chi connectivity index (χ2n) is 2.76. The number of alkyl halides is 2. The van der Waals surface area contributed by atoms with Crippen LogP contribution in [0.4, 0.5) is 4.39 Å². The van der Waals surface area contributed by atoms with Gasteiger partial charge in [-0.2, -0.15) is 0 Å². The summed E-state index contributed by atoms with van der Waals surface area (Å²) >= 11 is 2.48. The predicted molar refractivity (Wildman–Crippen MR) is 53.1 cm³/mol. The first-order valence-electron chi connectivity index (χ1n) is 4.26. The fourth-order valence-corrected chi connectivity index (χ4v) is 1.30. The van der Waals surface area contributed by atoms with Crippen molar-refractivity contribution in [2.24, 2.45) is 0 Å². The average molecular weight is 281 g/mol. The minimum atomic E-state index is -2.69. The number of aliphatic hydroxyl groups is 1. The molecule has 0 amide bonds. The molecule has 0 spiro atoms. The van der Waals surface area contributed by atoms with E-state index in [-0.39, 0.29) is 12.4 Å². The van der Waals surface area contributed by atoms with Crippen LogP contribution in [-0.2, 0) is 9.53 Å². The van der Waals surface area contributed by atoms with Crippen LogP contribution in [0.3, 0.4) is 0 Å². The molecule has 1 rings (SSSR count). The second kappa shape index (κ2) is 4.76. The molecule has 0 aliphatic rings. The van der Waals surface area contributed by atoms with Crippen molar-refractivity contribution < 1.29 is 23.4 Å². The number of halogens is 2. The zero-order valence-corrected chi connectivity index (χ0v) is 9.53. The highest BCUT2D eigenvalue weighted by Crippen LogP contribution is 2.36. The quantitative estimate of drug-likeness (QED) is 0.676. The van der Waals surface area contributed by atoms with E-state index in [1.165, 1.54) is 18.4 Å². The van der Waals surface area contributed by atoms with Crippen LogP contribution >= 0.6 is 15.9 Å². The smallest absolute Gasteiger partial charge is 0.358 e. The van der Waals surface area contributed by atoms with Crippen LogP contribution in [0, 0.1) is 0 Å². The monoisotopic (exact) mass is 280 g/mol. The maximum Gasteiger partial charge on any atom is 0.358 e. The summed E-state index contributed by atoms with van der Waals surface area (Å²) in [6.07, 6.45) is -0.473. The fraction of sp³-hybridized carbons (Fsp3) is 0.444. The van der Waals surface area contributed by atoms with Gasteiger partial charge in [0, 0.05) is 0 Å². The summed E-state index contributed by atoms with van der Waals surface area (Å²) in [5, 5.41) is 9.52. The molecule has 1 aromatic heterocycles. The van der Waals surface area contributed by atoms with Crippen molar-refractivity contribution in [2.45, 2.75) is 17.6 Å². The highest BCUT2D eigenvalue weighted by molar-refractivity contribution is 9.10. The van der Waals surface area contributed by atoms with E-state index in [0.29, 0.717) is 0 Å². The number of hydrogen-bond acceptors (Lipinski definition) is 4. The minimum absolute atomic E-state index is 0.0287. The number of carbonyl (C=O) groups excluding carboxylic acids is 1. The standard InChI is InChI=1S/C9H10BrFO4/c1-2-14-8(13)9(10,11)7(12)6-4-3-5-15-6/h3-5,7,12H,2H2,1H3. The van der Waals surface area contributed by atoms with Crippen molar-refractivity contribution >= 4 is 21.9 Å². The Labute approximate surface area is 94.2 Å². The zero-order valence-electron chi connectivity index (χ0n) is 7.94. The summed E-state index contributed by atoms with van der Waals surface area (Å²) in [5.74, 6) is -1.24. The molecule has 1 aromatic rings. The van der Waals surface area contributed by atoms with Gasteiger partial charge in [-0.05, 0) is 35.0 Å². The van der Waals surface area contributed by atoms with E-state index in [4.69, 9.17) is 4.42 Å². The number of hydrogen-bond donors (Lipinski definition) is 1. The lowest BCUT2D eigenvalue weighted by atomic mass is 10.2. The van der Waals surface area contributed by atoms with Gasteiger partial charge in [-0.15, -0.1) is 0 Å². The Bertz CT molecular complexity index is 323. The van der Waals surface area contributed by atoms with Gasteiger partial charge < -0.3 is 14.3 Å². The number of furan rings is 1. The third-order valence-electron chi connectivity index (χ3n) is 1.70. The third kappa shape index (κ3) is 2.57. The zero-order chi connectivity index (χ0) is 11.5.